The van der Waals surface area contributed by atoms with Gasteiger partial charge in [0, 0.05) is 12.6 Å². The number of benzene rings is 1. The lowest BCUT2D eigenvalue weighted by Gasteiger charge is -2.23. The number of aromatic hydroxyl groups is 1. The molecule has 0 bridgehead atoms. The maximum Gasteiger partial charge on any atom is 0.115 e. The van der Waals surface area contributed by atoms with Gasteiger partial charge in [-0.15, -0.1) is 0 Å². The SMILES string of the molecule is Cc1cc(O)ccc1C[C@@H](CN)N(C)C. The maximum atomic E-state index is 9.30. The van der Waals surface area contributed by atoms with E-state index in [2.05, 4.69) is 4.90 Å². The summed E-state index contributed by atoms with van der Waals surface area (Å²) in [6.45, 7) is 2.66. The van der Waals surface area contributed by atoms with Crippen LogP contribution in [-0.2, 0) is 6.42 Å². The van der Waals surface area contributed by atoms with Crippen LogP contribution in [0.25, 0.3) is 0 Å². The van der Waals surface area contributed by atoms with Gasteiger partial charge in [-0.05, 0) is 50.7 Å². The second-order valence-corrected chi connectivity index (χ2v) is 4.17. The molecule has 0 radical (unpaired) electrons. The van der Waals surface area contributed by atoms with Gasteiger partial charge < -0.3 is 15.7 Å². The largest absolute Gasteiger partial charge is 0.508 e. The molecular weight excluding hydrogens is 188 g/mol. The third-order valence-corrected chi connectivity index (χ3v) is 2.78. The second-order valence-electron chi connectivity index (χ2n) is 4.17. The van der Waals surface area contributed by atoms with E-state index in [0.29, 0.717) is 18.3 Å². The first kappa shape index (κ1) is 12.0. The van der Waals surface area contributed by atoms with Crippen molar-refractivity contribution in [1.82, 2.24) is 4.90 Å². The quantitative estimate of drug-likeness (QED) is 0.780. The Hall–Kier alpha value is -1.06. The molecular formula is C12H20N2O. The Morgan fingerprint density at radius 2 is 2.07 bits per heavy atom. The first-order valence-corrected chi connectivity index (χ1v) is 5.19. The van der Waals surface area contributed by atoms with Crippen LogP contribution in [0.4, 0.5) is 0 Å². The van der Waals surface area contributed by atoms with E-state index in [1.165, 1.54) is 5.56 Å². The maximum absolute atomic E-state index is 9.30. The summed E-state index contributed by atoms with van der Waals surface area (Å²) < 4.78 is 0. The molecule has 0 fully saturated rings. The molecule has 3 nitrogen and oxygen atoms in total. The van der Waals surface area contributed by atoms with Crippen LogP contribution in [-0.4, -0.2) is 36.7 Å². The summed E-state index contributed by atoms with van der Waals surface area (Å²) in [4.78, 5) is 2.13. The summed E-state index contributed by atoms with van der Waals surface area (Å²) in [6.07, 6.45) is 0.926. The molecule has 0 unspecified atom stereocenters. The fourth-order valence-electron chi connectivity index (χ4n) is 1.64. The van der Waals surface area contributed by atoms with Crippen molar-refractivity contribution in [2.75, 3.05) is 20.6 Å². The highest BCUT2D eigenvalue weighted by molar-refractivity contribution is 5.34. The minimum Gasteiger partial charge on any atom is -0.508 e. The van der Waals surface area contributed by atoms with Gasteiger partial charge >= 0.3 is 0 Å². The monoisotopic (exact) mass is 208 g/mol. The van der Waals surface area contributed by atoms with Crippen molar-refractivity contribution in [2.24, 2.45) is 5.73 Å². The van der Waals surface area contributed by atoms with E-state index >= 15 is 0 Å². The molecule has 15 heavy (non-hydrogen) atoms. The number of nitrogens with two attached hydrogens (primary N) is 1. The summed E-state index contributed by atoms with van der Waals surface area (Å²) in [5.74, 6) is 0.324. The Balaban J connectivity index is 2.79. The summed E-state index contributed by atoms with van der Waals surface area (Å²) in [7, 11) is 4.07. The number of hydrogen-bond donors (Lipinski definition) is 2. The standard InChI is InChI=1S/C12H20N2O/c1-9-6-12(15)5-4-10(9)7-11(8-13)14(2)3/h4-6,11,15H,7-8,13H2,1-3H3/t11-/m0/s1. The summed E-state index contributed by atoms with van der Waals surface area (Å²) in [5.41, 5.74) is 8.08. The first-order chi connectivity index (χ1) is 7.04. The van der Waals surface area contributed by atoms with Crippen molar-refractivity contribution in [1.29, 1.82) is 0 Å². The Bertz CT molecular complexity index is 323. The van der Waals surface area contributed by atoms with Crippen molar-refractivity contribution in [3.8, 4) is 5.75 Å². The zero-order valence-corrected chi connectivity index (χ0v) is 9.70. The summed E-state index contributed by atoms with van der Waals surface area (Å²) in [6, 6.07) is 5.84. The lowest BCUT2D eigenvalue weighted by molar-refractivity contribution is 0.297. The first-order valence-electron chi connectivity index (χ1n) is 5.19. The molecule has 1 rings (SSSR count). The van der Waals surface area contributed by atoms with Gasteiger partial charge in [0.2, 0.25) is 0 Å². The number of phenols is 1. The lowest BCUT2D eigenvalue weighted by atomic mass is 10.0. The van der Waals surface area contributed by atoms with Crippen LogP contribution in [0.5, 0.6) is 5.75 Å². The van der Waals surface area contributed by atoms with E-state index in [1.807, 2.05) is 27.1 Å². The predicted molar refractivity (Wildman–Crippen MR) is 63.1 cm³/mol. The van der Waals surface area contributed by atoms with Crippen LogP contribution in [0.2, 0.25) is 0 Å². The normalized spacial score (nSPS) is 13.1. The number of phenolic OH excluding ortho intramolecular Hbond substituents is 1. The van der Waals surface area contributed by atoms with E-state index in [1.54, 1.807) is 12.1 Å². The fourth-order valence-corrected chi connectivity index (χ4v) is 1.64. The van der Waals surface area contributed by atoms with Gasteiger partial charge in [0.25, 0.3) is 0 Å². The average molecular weight is 208 g/mol. The van der Waals surface area contributed by atoms with E-state index in [9.17, 15) is 5.11 Å². The van der Waals surface area contributed by atoms with E-state index in [-0.39, 0.29) is 0 Å². The number of likely N-dealkylation sites (N-methyl/N-ethyl adjacent to an activating group) is 1. The molecule has 3 heteroatoms. The molecule has 0 aliphatic rings. The average Bonchev–Trinajstić information content (AvgIpc) is 2.16. The summed E-state index contributed by atoms with van der Waals surface area (Å²) in [5, 5.41) is 9.30. The van der Waals surface area contributed by atoms with Crippen LogP contribution in [0.15, 0.2) is 18.2 Å². The smallest absolute Gasteiger partial charge is 0.115 e. The lowest BCUT2D eigenvalue weighted by Crippen LogP contribution is -2.37. The van der Waals surface area contributed by atoms with Crippen molar-refractivity contribution >= 4 is 0 Å². The molecule has 1 atom stereocenters. The topological polar surface area (TPSA) is 49.5 Å². The highest BCUT2D eigenvalue weighted by Crippen LogP contribution is 2.17. The number of rotatable bonds is 4. The minimum absolute atomic E-state index is 0.324. The van der Waals surface area contributed by atoms with Crippen LogP contribution < -0.4 is 5.73 Å². The van der Waals surface area contributed by atoms with Gasteiger partial charge in [-0.25, -0.2) is 0 Å². The molecule has 1 aromatic rings. The Labute approximate surface area is 91.5 Å². The minimum atomic E-state index is 0.324. The number of hydrogen-bond acceptors (Lipinski definition) is 3. The summed E-state index contributed by atoms with van der Waals surface area (Å²) >= 11 is 0. The van der Waals surface area contributed by atoms with Gasteiger partial charge in [0.15, 0.2) is 0 Å². The highest BCUT2D eigenvalue weighted by atomic mass is 16.3. The van der Waals surface area contributed by atoms with Crippen LogP contribution in [0.3, 0.4) is 0 Å². The van der Waals surface area contributed by atoms with E-state index < -0.39 is 0 Å². The molecule has 0 saturated carbocycles. The Morgan fingerprint density at radius 1 is 1.40 bits per heavy atom. The molecule has 84 valence electrons. The van der Waals surface area contributed by atoms with Crippen molar-refractivity contribution in [2.45, 2.75) is 19.4 Å². The zero-order chi connectivity index (χ0) is 11.4. The highest BCUT2D eigenvalue weighted by Gasteiger charge is 2.11. The van der Waals surface area contributed by atoms with Gasteiger partial charge in [-0.2, -0.15) is 0 Å². The molecule has 0 heterocycles. The van der Waals surface area contributed by atoms with E-state index in [0.717, 1.165) is 12.0 Å². The van der Waals surface area contributed by atoms with Crippen LogP contribution in [0.1, 0.15) is 11.1 Å². The van der Waals surface area contributed by atoms with E-state index in [4.69, 9.17) is 5.73 Å². The molecule has 3 N–H and O–H groups in total. The third kappa shape index (κ3) is 3.22. The third-order valence-electron chi connectivity index (χ3n) is 2.78. The van der Waals surface area contributed by atoms with Crippen molar-refractivity contribution in [3.05, 3.63) is 29.3 Å². The zero-order valence-electron chi connectivity index (χ0n) is 9.70. The Kier molecular flexibility index (Phi) is 4.12. The molecule has 1 aromatic carbocycles. The van der Waals surface area contributed by atoms with Gasteiger partial charge in [0.1, 0.15) is 5.75 Å². The van der Waals surface area contributed by atoms with Gasteiger partial charge in [-0.1, -0.05) is 6.07 Å². The number of nitrogens with zero attached hydrogens (tertiary/aromatic N) is 1. The van der Waals surface area contributed by atoms with Crippen molar-refractivity contribution < 1.29 is 5.11 Å². The fraction of sp³-hybridized carbons (Fsp3) is 0.500. The molecule has 0 aliphatic heterocycles. The molecule has 0 amide bonds. The second kappa shape index (κ2) is 5.14. The van der Waals surface area contributed by atoms with Gasteiger partial charge in [0.05, 0.1) is 0 Å². The molecule has 0 spiro atoms. The van der Waals surface area contributed by atoms with Crippen LogP contribution in [0, 0.1) is 6.92 Å². The van der Waals surface area contributed by atoms with Crippen molar-refractivity contribution in [3.63, 3.8) is 0 Å². The molecule has 0 aromatic heterocycles. The predicted octanol–water partition coefficient (Wildman–Crippen LogP) is 1.13. The Morgan fingerprint density at radius 3 is 2.53 bits per heavy atom. The van der Waals surface area contributed by atoms with Crippen LogP contribution >= 0.6 is 0 Å². The van der Waals surface area contributed by atoms with Gasteiger partial charge in [-0.3, -0.25) is 0 Å². The molecule has 0 saturated heterocycles. The number of aryl methyl sites for hydroxylation is 1. The molecule has 0 aliphatic carbocycles.